The Morgan fingerprint density at radius 1 is 1.12 bits per heavy atom. The lowest BCUT2D eigenvalue weighted by molar-refractivity contribution is -0.115. The molecule has 0 unspecified atom stereocenters. The molecule has 0 saturated carbocycles. The molecule has 2 aromatic rings. The number of rotatable bonds is 5. The van der Waals surface area contributed by atoms with Crippen LogP contribution >= 0.6 is 0 Å². The molecule has 2 aliphatic heterocycles. The molecular weight excluding hydrogens is 326 g/mol. The average molecular weight is 349 g/mol. The van der Waals surface area contributed by atoms with E-state index in [4.69, 9.17) is 4.74 Å². The summed E-state index contributed by atoms with van der Waals surface area (Å²) < 4.78 is 5.58. The lowest BCUT2D eigenvalue weighted by Crippen LogP contribution is -2.36. The van der Waals surface area contributed by atoms with Crippen LogP contribution in [-0.4, -0.2) is 30.9 Å². The molecule has 134 valence electrons. The first-order valence-corrected chi connectivity index (χ1v) is 9.18. The summed E-state index contributed by atoms with van der Waals surface area (Å²) in [5.74, 6) is -0.0973. The van der Waals surface area contributed by atoms with Gasteiger partial charge in [0.15, 0.2) is 0 Å². The van der Waals surface area contributed by atoms with Crippen LogP contribution in [0, 0.1) is 0 Å². The summed E-state index contributed by atoms with van der Waals surface area (Å²) in [5.41, 5.74) is 2.71. The number of hydrogen-bond acceptors (Lipinski definition) is 4. The molecule has 26 heavy (non-hydrogen) atoms. The monoisotopic (exact) mass is 349 g/mol. The Morgan fingerprint density at radius 3 is 2.54 bits per heavy atom. The molecule has 4 rings (SSSR count). The lowest BCUT2D eigenvalue weighted by Gasteiger charge is -2.23. The molecule has 5 nitrogen and oxygen atoms in total. The number of para-hydroxylation sites is 1. The summed E-state index contributed by atoms with van der Waals surface area (Å²) in [7, 11) is 0. The molecule has 0 bridgehead atoms. The van der Waals surface area contributed by atoms with Crippen molar-refractivity contribution in [3.8, 4) is 0 Å². The first-order chi connectivity index (χ1) is 12.8. The molecule has 1 amide bonds. The maximum absolute atomic E-state index is 12.6. The summed E-state index contributed by atoms with van der Waals surface area (Å²) in [5, 5.41) is 9.60. The van der Waals surface area contributed by atoms with Crippen LogP contribution in [0.3, 0.4) is 0 Å². The predicted molar refractivity (Wildman–Crippen MR) is 102 cm³/mol. The standard InChI is InChI=1S/C21H23N3O2/c25-21(22-15-18-12-7-13-26-18)19-14-20(16-8-3-1-4-9-16)24(23-19)17-10-5-2-6-11-17/h1-6,8-11,18,20H,7,12-15H2,(H,22,25)/t18-,20+/m0/s1. The van der Waals surface area contributed by atoms with Crippen molar-refractivity contribution in [1.82, 2.24) is 5.32 Å². The summed E-state index contributed by atoms with van der Waals surface area (Å²) in [6, 6.07) is 20.2. The summed E-state index contributed by atoms with van der Waals surface area (Å²) in [6.45, 7) is 1.35. The number of carbonyl (C=O) groups is 1. The molecule has 0 radical (unpaired) electrons. The molecule has 0 aromatic heterocycles. The zero-order chi connectivity index (χ0) is 17.8. The molecule has 2 aliphatic rings. The number of nitrogens with one attached hydrogen (secondary N) is 1. The fraction of sp³-hybridized carbons (Fsp3) is 0.333. The quantitative estimate of drug-likeness (QED) is 0.901. The third-order valence-electron chi connectivity index (χ3n) is 4.89. The molecule has 2 atom stereocenters. The van der Waals surface area contributed by atoms with E-state index in [1.807, 2.05) is 53.5 Å². The molecule has 0 aliphatic carbocycles. The number of benzene rings is 2. The van der Waals surface area contributed by atoms with Crippen LogP contribution in [0.5, 0.6) is 0 Å². The molecule has 0 spiro atoms. The van der Waals surface area contributed by atoms with E-state index in [0.29, 0.717) is 18.7 Å². The van der Waals surface area contributed by atoms with Crippen LogP contribution in [0.4, 0.5) is 5.69 Å². The topological polar surface area (TPSA) is 53.9 Å². The van der Waals surface area contributed by atoms with E-state index >= 15 is 0 Å². The molecule has 1 fully saturated rings. The van der Waals surface area contributed by atoms with E-state index < -0.39 is 0 Å². The third kappa shape index (κ3) is 3.63. The number of ether oxygens (including phenoxy) is 1. The third-order valence-corrected chi connectivity index (χ3v) is 4.89. The van der Waals surface area contributed by atoms with Gasteiger partial charge in [-0.1, -0.05) is 48.5 Å². The maximum atomic E-state index is 12.6. The van der Waals surface area contributed by atoms with Gasteiger partial charge in [0.05, 0.1) is 17.8 Å². The van der Waals surface area contributed by atoms with Crippen LogP contribution in [0.2, 0.25) is 0 Å². The Labute approximate surface area is 153 Å². The van der Waals surface area contributed by atoms with Crippen LogP contribution in [0.15, 0.2) is 65.8 Å². The minimum absolute atomic E-state index is 0.0297. The second-order valence-electron chi connectivity index (χ2n) is 6.70. The summed E-state index contributed by atoms with van der Waals surface area (Å²) in [4.78, 5) is 12.6. The minimum Gasteiger partial charge on any atom is -0.376 e. The second-order valence-corrected chi connectivity index (χ2v) is 6.70. The zero-order valence-electron chi connectivity index (χ0n) is 14.7. The van der Waals surface area contributed by atoms with Crippen LogP contribution < -0.4 is 10.3 Å². The number of hydrogen-bond donors (Lipinski definition) is 1. The molecule has 5 heteroatoms. The Bertz CT molecular complexity index is 770. The highest BCUT2D eigenvalue weighted by Crippen LogP contribution is 2.34. The van der Waals surface area contributed by atoms with Crippen molar-refractivity contribution < 1.29 is 9.53 Å². The Hall–Kier alpha value is -2.66. The molecule has 2 aromatic carbocycles. The summed E-state index contributed by atoms with van der Waals surface area (Å²) in [6.07, 6.45) is 2.81. The molecule has 1 saturated heterocycles. The number of hydrazone groups is 1. The first-order valence-electron chi connectivity index (χ1n) is 9.18. The van der Waals surface area contributed by atoms with Crippen LogP contribution in [0.1, 0.15) is 30.9 Å². The average Bonchev–Trinajstić information content (AvgIpc) is 3.37. The van der Waals surface area contributed by atoms with E-state index in [9.17, 15) is 4.79 Å². The van der Waals surface area contributed by atoms with Gasteiger partial charge < -0.3 is 10.1 Å². The molecule has 1 N–H and O–H groups in total. The normalized spacial score (nSPS) is 22.3. The van der Waals surface area contributed by atoms with E-state index in [1.165, 1.54) is 0 Å². The smallest absolute Gasteiger partial charge is 0.267 e. The highest BCUT2D eigenvalue weighted by molar-refractivity contribution is 6.39. The van der Waals surface area contributed by atoms with Gasteiger partial charge in [0.25, 0.3) is 5.91 Å². The van der Waals surface area contributed by atoms with Gasteiger partial charge in [0.2, 0.25) is 0 Å². The van der Waals surface area contributed by atoms with Crippen molar-refractivity contribution >= 4 is 17.3 Å². The zero-order valence-corrected chi connectivity index (χ0v) is 14.7. The SMILES string of the molecule is O=C(NC[C@@H]1CCCO1)C1=NN(c2ccccc2)[C@@H](c2ccccc2)C1. The lowest BCUT2D eigenvalue weighted by atomic mass is 10.0. The Morgan fingerprint density at radius 2 is 1.85 bits per heavy atom. The van der Waals surface area contributed by atoms with Gasteiger partial charge >= 0.3 is 0 Å². The molecule has 2 heterocycles. The number of anilines is 1. The van der Waals surface area contributed by atoms with Crippen molar-refractivity contribution in [3.05, 3.63) is 66.2 Å². The maximum Gasteiger partial charge on any atom is 0.267 e. The summed E-state index contributed by atoms with van der Waals surface area (Å²) >= 11 is 0. The minimum atomic E-state index is -0.0973. The number of nitrogens with zero attached hydrogens (tertiary/aromatic N) is 2. The van der Waals surface area contributed by atoms with Crippen LogP contribution in [0.25, 0.3) is 0 Å². The molecular formula is C21H23N3O2. The van der Waals surface area contributed by atoms with E-state index in [-0.39, 0.29) is 18.1 Å². The second kappa shape index (κ2) is 7.70. The van der Waals surface area contributed by atoms with Gasteiger partial charge in [-0.3, -0.25) is 9.80 Å². The van der Waals surface area contributed by atoms with Crippen molar-refractivity contribution in [2.45, 2.75) is 31.4 Å². The number of carbonyl (C=O) groups excluding carboxylic acids is 1. The van der Waals surface area contributed by atoms with Gasteiger partial charge in [0, 0.05) is 19.6 Å². The van der Waals surface area contributed by atoms with Gasteiger partial charge in [0.1, 0.15) is 5.71 Å². The number of amides is 1. The predicted octanol–water partition coefficient (Wildman–Crippen LogP) is 3.29. The van der Waals surface area contributed by atoms with Crippen LogP contribution in [-0.2, 0) is 9.53 Å². The van der Waals surface area contributed by atoms with Crippen molar-refractivity contribution in [3.63, 3.8) is 0 Å². The van der Waals surface area contributed by atoms with E-state index in [1.54, 1.807) is 0 Å². The van der Waals surface area contributed by atoms with E-state index in [0.717, 1.165) is 30.7 Å². The fourth-order valence-electron chi connectivity index (χ4n) is 3.51. The van der Waals surface area contributed by atoms with Gasteiger partial charge in [-0.25, -0.2) is 0 Å². The van der Waals surface area contributed by atoms with Gasteiger partial charge in [-0.15, -0.1) is 0 Å². The fourth-order valence-corrected chi connectivity index (χ4v) is 3.51. The Balaban J connectivity index is 1.52. The first kappa shape index (κ1) is 16.8. The van der Waals surface area contributed by atoms with Gasteiger partial charge in [-0.05, 0) is 30.5 Å². The highest BCUT2D eigenvalue weighted by Gasteiger charge is 2.32. The van der Waals surface area contributed by atoms with Crippen molar-refractivity contribution in [1.29, 1.82) is 0 Å². The highest BCUT2D eigenvalue weighted by atomic mass is 16.5. The van der Waals surface area contributed by atoms with E-state index in [2.05, 4.69) is 22.6 Å². The van der Waals surface area contributed by atoms with Crippen molar-refractivity contribution in [2.24, 2.45) is 5.10 Å². The van der Waals surface area contributed by atoms with Gasteiger partial charge in [-0.2, -0.15) is 5.10 Å². The van der Waals surface area contributed by atoms with Crippen molar-refractivity contribution in [2.75, 3.05) is 18.2 Å². The Kier molecular flexibility index (Phi) is 4.97. The largest absolute Gasteiger partial charge is 0.376 e.